The number of nitrogens with one attached hydrogen (secondary N) is 1. The van der Waals surface area contributed by atoms with Crippen molar-refractivity contribution in [2.24, 2.45) is 0 Å². The number of amides is 1. The maximum absolute atomic E-state index is 12.4. The number of anilines is 1. The number of fused-ring (bicyclic) bond motifs is 1. The molecule has 8 nitrogen and oxygen atoms in total. The van der Waals surface area contributed by atoms with Crippen molar-refractivity contribution in [2.75, 3.05) is 11.9 Å². The molecule has 0 saturated carbocycles. The quantitative estimate of drug-likeness (QED) is 0.575. The lowest BCUT2D eigenvalue weighted by molar-refractivity contribution is -0.153. The van der Waals surface area contributed by atoms with Gasteiger partial charge in [0.15, 0.2) is 6.10 Å². The van der Waals surface area contributed by atoms with Gasteiger partial charge >= 0.3 is 5.97 Å². The summed E-state index contributed by atoms with van der Waals surface area (Å²) < 4.78 is 12.3. The van der Waals surface area contributed by atoms with E-state index in [0.29, 0.717) is 28.9 Å². The number of para-hydroxylation sites is 3. The van der Waals surface area contributed by atoms with Gasteiger partial charge < -0.3 is 14.8 Å². The molecular weight excluding hydrogens is 386 g/mol. The second kappa shape index (κ2) is 9.69. The van der Waals surface area contributed by atoms with Gasteiger partial charge in [-0.15, -0.1) is 0 Å². The molecule has 8 heteroatoms. The zero-order chi connectivity index (χ0) is 21.5. The van der Waals surface area contributed by atoms with E-state index in [4.69, 9.17) is 9.47 Å². The zero-order valence-electron chi connectivity index (χ0n) is 16.8. The van der Waals surface area contributed by atoms with Crippen molar-refractivity contribution >= 4 is 28.5 Å². The van der Waals surface area contributed by atoms with Crippen molar-refractivity contribution in [3.8, 4) is 5.75 Å². The molecule has 3 aromatic rings. The molecule has 1 amide bonds. The van der Waals surface area contributed by atoms with Crippen LogP contribution in [-0.2, 0) is 20.9 Å². The third kappa shape index (κ3) is 5.02. The second-order valence-electron chi connectivity index (χ2n) is 6.55. The molecule has 1 atom stereocenters. The topological polar surface area (TPSA) is 99.5 Å². The number of aromatic nitrogens is 2. The average Bonchev–Trinajstić information content (AvgIpc) is 2.75. The first kappa shape index (κ1) is 21.0. The number of esters is 1. The van der Waals surface area contributed by atoms with Gasteiger partial charge in [0, 0.05) is 5.39 Å². The molecule has 1 heterocycles. The second-order valence-corrected chi connectivity index (χ2v) is 6.55. The Bertz CT molecular complexity index is 1110. The molecule has 0 radical (unpaired) electrons. The number of ether oxygens (including phenoxy) is 2. The molecule has 3 rings (SSSR count). The van der Waals surface area contributed by atoms with Crippen LogP contribution in [0.25, 0.3) is 10.9 Å². The van der Waals surface area contributed by atoms with Crippen LogP contribution < -0.4 is 15.5 Å². The Balaban J connectivity index is 1.58. The third-order valence-electron chi connectivity index (χ3n) is 4.41. The summed E-state index contributed by atoms with van der Waals surface area (Å²) in [6.45, 7) is 4.04. The van der Waals surface area contributed by atoms with Crippen molar-refractivity contribution in [1.82, 2.24) is 9.78 Å². The van der Waals surface area contributed by atoms with Crippen LogP contribution in [0.2, 0.25) is 0 Å². The highest BCUT2D eigenvalue weighted by molar-refractivity contribution is 5.96. The van der Waals surface area contributed by atoms with Gasteiger partial charge in [-0.3, -0.25) is 19.1 Å². The van der Waals surface area contributed by atoms with E-state index < -0.39 is 18.0 Å². The number of rotatable bonds is 8. The lowest BCUT2D eigenvalue weighted by atomic mass is 10.2. The zero-order valence-corrected chi connectivity index (χ0v) is 16.8. The largest absolute Gasteiger partial charge is 0.492 e. The minimum Gasteiger partial charge on any atom is -0.492 e. The fraction of sp³-hybridized carbons (Fsp3) is 0.273. The molecule has 0 fully saturated rings. The summed E-state index contributed by atoms with van der Waals surface area (Å²) in [7, 11) is 0. The van der Waals surface area contributed by atoms with Gasteiger partial charge in [-0.1, -0.05) is 24.3 Å². The molecule has 1 N–H and O–H groups in total. The van der Waals surface area contributed by atoms with Gasteiger partial charge in [0.25, 0.3) is 5.91 Å². The van der Waals surface area contributed by atoms with E-state index in [-0.39, 0.29) is 18.4 Å². The fourth-order valence-electron chi connectivity index (χ4n) is 2.93. The van der Waals surface area contributed by atoms with E-state index in [2.05, 4.69) is 10.4 Å². The number of carbonyl (C=O) groups is 2. The normalized spacial score (nSPS) is 11.7. The highest BCUT2D eigenvalue weighted by Crippen LogP contribution is 2.24. The summed E-state index contributed by atoms with van der Waals surface area (Å²) >= 11 is 0. The van der Waals surface area contributed by atoms with Crippen LogP contribution in [-0.4, -0.2) is 34.4 Å². The van der Waals surface area contributed by atoms with E-state index in [1.165, 1.54) is 13.1 Å². The monoisotopic (exact) mass is 409 g/mol. The van der Waals surface area contributed by atoms with Crippen LogP contribution in [0.4, 0.5) is 5.69 Å². The number of aryl methyl sites for hydroxylation is 1. The van der Waals surface area contributed by atoms with E-state index in [1.807, 2.05) is 6.92 Å². The Hall–Kier alpha value is -3.68. The van der Waals surface area contributed by atoms with Gasteiger partial charge in [0.05, 0.1) is 37.0 Å². The molecule has 0 saturated heterocycles. The highest BCUT2D eigenvalue weighted by atomic mass is 16.5. The lowest BCUT2D eigenvalue weighted by Crippen LogP contribution is -2.30. The first-order valence-corrected chi connectivity index (χ1v) is 9.66. The standard InChI is InChI=1S/C22H23N3O5/c1-3-29-20-11-7-5-9-17(20)24-22(28)15(2)30-21(27)12-13-25-18-10-6-4-8-16(18)19(26)14-23-25/h4-11,14-15H,3,12-13H2,1-2H3,(H,24,28). The van der Waals surface area contributed by atoms with E-state index in [9.17, 15) is 14.4 Å². The maximum atomic E-state index is 12.4. The summed E-state index contributed by atoms with van der Waals surface area (Å²) in [5.41, 5.74) is 0.967. The van der Waals surface area contributed by atoms with Crippen molar-refractivity contribution in [2.45, 2.75) is 32.9 Å². The molecule has 2 aromatic carbocycles. The summed E-state index contributed by atoms with van der Waals surface area (Å²) in [5.74, 6) is -0.453. The Labute approximate surface area is 173 Å². The fourth-order valence-corrected chi connectivity index (χ4v) is 2.93. The van der Waals surface area contributed by atoms with Crippen LogP contribution in [0.15, 0.2) is 59.5 Å². The van der Waals surface area contributed by atoms with Crippen molar-refractivity contribution in [3.05, 3.63) is 65.0 Å². The molecule has 1 unspecified atom stereocenters. The van der Waals surface area contributed by atoms with Crippen molar-refractivity contribution < 1.29 is 19.1 Å². The smallest absolute Gasteiger partial charge is 0.308 e. The van der Waals surface area contributed by atoms with Crippen LogP contribution in [0.3, 0.4) is 0 Å². The third-order valence-corrected chi connectivity index (χ3v) is 4.41. The Morgan fingerprint density at radius 2 is 1.87 bits per heavy atom. The van der Waals surface area contributed by atoms with Crippen LogP contribution in [0.5, 0.6) is 5.75 Å². The molecule has 0 spiro atoms. The maximum Gasteiger partial charge on any atom is 0.308 e. The van der Waals surface area contributed by atoms with Crippen LogP contribution >= 0.6 is 0 Å². The average molecular weight is 409 g/mol. The summed E-state index contributed by atoms with van der Waals surface area (Å²) in [6.07, 6.45) is 0.248. The Morgan fingerprint density at radius 3 is 2.67 bits per heavy atom. The first-order valence-electron chi connectivity index (χ1n) is 9.66. The van der Waals surface area contributed by atoms with Crippen molar-refractivity contribution in [1.29, 1.82) is 0 Å². The highest BCUT2D eigenvalue weighted by Gasteiger charge is 2.19. The van der Waals surface area contributed by atoms with Gasteiger partial charge in [0.2, 0.25) is 5.43 Å². The SMILES string of the molecule is CCOc1ccccc1NC(=O)C(C)OC(=O)CCn1ncc(=O)c2ccccc21. The predicted molar refractivity (Wildman–Crippen MR) is 112 cm³/mol. The van der Waals surface area contributed by atoms with E-state index in [0.717, 1.165) is 0 Å². The summed E-state index contributed by atoms with van der Waals surface area (Å²) in [4.78, 5) is 36.5. The van der Waals surface area contributed by atoms with E-state index >= 15 is 0 Å². The van der Waals surface area contributed by atoms with Gasteiger partial charge in [0.1, 0.15) is 5.75 Å². The van der Waals surface area contributed by atoms with Crippen LogP contribution in [0.1, 0.15) is 20.3 Å². The predicted octanol–water partition coefficient (Wildman–Crippen LogP) is 2.76. The molecule has 0 bridgehead atoms. The van der Waals surface area contributed by atoms with Gasteiger partial charge in [-0.05, 0) is 38.1 Å². The summed E-state index contributed by atoms with van der Waals surface area (Å²) in [5, 5.41) is 7.32. The number of benzene rings is 2. The first-order chi connectivity index (χ1) is 14.5. The van der Waals surface area contributed by atoms with E-state index in [1.54, 1.807) is 53.2 Å². The Kier molecular flexibility index (Phi) is 6.79. The lowest BCUT2D eigenvalue weighted by Gasteiger charge is -2.16. The molecule has 156 valence electrons. The van der Waals surface area contributed by atoms with Gasteiger partial charge in [-0.2, -0.15) is 5.10 Å². The molecular formula is C22H23N3O5. The number of hydrogen-bond donors (Lipinski definition) is 1. The van der Waals surface area contributed by atoms with Crippen LogP contribution in [0, 0.1) is 0 Å². The molecule has 0 aliphatic rings. The summed E-state index contributed by atoms with van der Waals surface area (Å²) in [6, 6.07) is 14.1. The van der Waals surface area contributed by atoms with Gasteiger partial charge in [-0.25, -0.2) is 0 Å². The number of hydrogen-bond acceptors (Lipinski definition) is 6. The minimum atomic E-state index is -0.981. The number of nitrogens with zero attached hydrogens (tertiary/aromatic N) is 2. The minimum absolute atomic E-state index is 0.00696. The number of carbonyl (C=O) groups excluding carboxylic acids is 2. The molecule has 30 heavy (non-hydrogen) atoms. The molecule has 0 aliphatic heterocycles. The van der Waals surface area contributed by atoms with Crippen molar-refractivity contribution in [3.63, 3.8) is 0 Å². The molecule has 1 aromatic heterocycles. The molecule has 0 aliphatic carbocycles. The Morgan fingerprint density at radius 1 is 1.13 bits per heavy atom.